The second-order valence-corrected chi connectivity index (χ2v) is 5.82. The van der Waals surface area contributed by atoms with E-state index in [0.29, 0.717) is 26.1 Å². The van der Waals surface area contributed by atoms with E-state index in [2.05, 4.69) is 10.6 Å². The van der Waals surface area contributed by atoms with Gasteiger partial charge in [0, 0.05) is 18.6 Å². The van der Waals surface area contributed by atoms with Crippen molar-refractivity contribution >= 4 is 5.91 Å². The summed E-state index contributed by atoms with van der Waals surface area (Å²) >= 11 is 0. The fourth-order valence-electron chi connectivity index (χ4n) is 2.68. The summed E-state index contributed by atoms with van der Waals surface area (Å²) in [6, 6.07) is 0. The minimum atomic E-state index is -0.469. The quantitative estimate of drug-likeness (QED) is 0.666. The Bertz CT molecular complexity index is 295. The number of aliphatic hydroxyl groups excluding tert-OH is 1. The Morgan fingerprint density at radius 3 is 2.44 bits per heavy atom. The number of carbonyl (C=O) groups excluding carboxylic acids is 1. The van der Waals surface area contributed by atoms with Crippen molar-refractivity contribution in [3.63, 3.8) is 0 Å². The van der Waals surface area contributed by atoms with Crippen LogP contribution in [0.2, 0.25) is 0 Å². The van der Waals surface area contributed by atoms with Gasteiger partial charge in [0.05, 0.1) is 12.1 Å². The molecule has 3 N–H and O–H groups in total. The molecule has 2 rings (SSSR count). The number of ether oxygens (including phenoxy) is 1. The van der Waals surface area contributed by atoms with E-state index in [1.807, 2.05) is 6.92 Å². The minimum absolute atomic E-state index is 0.00354. The highest BCUT2D eigenvalue weighted by Gasteiger charge is 2.40. The lowest BCUT2D eigenvalue weighted by atomic mass is 9.78. The van der Waals surface area contributed by atoms with Gasteiger partial charge in [-0.05, 0) is 38.8 Å². The molecule has 0 atom stereocenters. The maximum absolute atomic E-state index is 12.5. The van der Waals surface area contributed by atoms with Gasteiger partial charge in [-0.1, -0.05) is 6.92 Å². The van der Waals surface area contributed by atoms with E-state index in [1.165, 1.54) is 0 Å². The van der Waals surface area contributed by atoms with Gasteiger partial charge in [0.1, 0.15) is 0 Å². The van der Waals surface area contributed by atoms with Crippen LogP contribution in [0.25, 0.3) is 0 Å². The predicted molar refractivity (Wildman–Crippen MR) is 68.2 cm³/mol. The first-order valence-corrected chi connectivity index (χ1v) is 6.82. The lowest BCUT2D eigenvalue weighted by Gasteiger charge is -2.41. The molecule has 0 unspecified atom stereocenters. The summed E-state index contributed by atoms with van der Waals surface area (Å²) in [5, 5.41) is 16.0. The summed E-state index contributed by atoms with van der Waals surface area (Å²) in [6.45, 7) is 5.01. The third-order valence-corrected chi connectivity index (χ3v) is 4.39. The first-order valence-electron chi connectivity index (χ1n) is 6.82. The number of nitrogens with one attached hydrogen (secondary N) is 2. The lowest BCUT2D eigenvalue weighted by Crippen LogP contribution is -2.59. The van der Waals surface area contributed by atoms with Crippen LogP contribution in [-0.2, 0) is 9.53 Å². The highest BCUT2D eigenvalue weighted by atomic mass is 16.5. The van der Waals surface area contributed by atoms with Crippen molar-refractivity contribution in [2.24, 2.45) is 5.41 Å². The summed E-state index contributed by atoms with van der Waals surface area (Å²) in [6.07, 6.45) is 3.11. The Balaban J connectivity index is 2.00. The molecular weight excluding hydrogens is 232 g/mol. The fraction of sp³-hybridized carbons (Fsp3) is 0.923. The van der Waals surface area contributed by atoms with Gasteiger partial charge in [0.25, 0.3) is 0 Å². The molecular formula is C13H24N2O3. The van der Waals surface area contributed by atoms with Gasteiger partial charge >= 0.3 is 0 Å². The van der Waals surface area contributed by atoms with Crippen molar-refractivity contribution in [1.29, 1.82) is 0 Å². The van der Waals surface area contributed by atoms with Gasteiger partial charge in [-0.15, -0.1) is 0 Å². The van der Waals surface area contributed by atoms with Crippen LogP contribution in [0, 0.1) is 5.41 Å². The van der Waals surface area contributed by atoms with Gasteiger partial charge < -0.3 is 20.5 Å². The average molecular weight is 256 g/mol. The molecule has 0 aliphatic carbocycles. The molecule has 0 spiro atoms. The van der Waals surface area contributed by atoms with Crippen molar-refractivity contribution < 1.29 is 14.6 Å². The summed E-state index contributed by atoms with van der Waals surface area (Å²) < 4.78 is 5.31. The predicted octanol–water partition coefficient (Wildman–Crippen LogP) is 0.0338. The molecule has 2 saturated heterocycles. The minimum Gasteiger partial charge on any atom is -0.394 e. The number of rotatable bonds is 3. The van der Waals surface area contributed by atoms with Gasteiger partial charge in [-0.3, -0.25) is 4.79 Å². The molecule has 18 heavy (non-hydrogen) atoms. The first kappa shape index (κ1) is 13.8. The van der Waals surface area contributed by atoms with Crippen LogP contribution in [0.15, 0.2) is 0 Å². The van der Waals surface area contributed by atoms with Crippen molar-refractivity contribution in [2.75, 3.05) is 32.9 Å². The van der Waals surface area contributed by atoms with E-state index in [-0.39, 0.29) is 17.9 Å². The second-order valence-electron chi connectivity index (χ2n) is 5.82. The van der Waals surface area contributed by atoms with E-state index in [9.17, 15) is 9.90 Å². The number of aliphatic hydroxyl groups is 1. The molecule has 0 bridgehead atoms. The molecule has 2 aliphatic heterocycles. The van der Waals surface area contributed by atoms with Crippen LogP contribution in [0.1, 0.15) is 32.6 Å². The zero-order chi connectivity index (χ0) is 13.1. The Hall–Kier alpha value is -0.650. The Labute approximate surface area is 108 Å². The van der Waals surface area contributed by atoms with Crippen molar-refractivity contribution in [1.82, 2.24) is 10.6 Å². The largest absolute Gasteiger partial charge is 0.394 e. The zero-order valence-corrected chi connectivity index (χ0v) is 11.1. The highest BCUT2D eigenvalue weighted by molar-refractivity contribution is 5.83. The van der Waals surface area contributed by atoms with Crippen LogP contribution in [0.3, 0.4) is 0 Å². The maximum atomic E-state index is 12.5. The molecule has 104 valence electrons. The smallest absolute Gasteiger partial charge is 0.226 e. The van der Waals surface area contributed by atoms with Gasteiger partial charge in [-0.25, -0.2) is 0 Å². The van der Waals surface area contributed by atoms with Crippen LogP contribution < -0.4 is 10.6 Å². The summed E-state index contributed by atoms with van der Waals surface area (Å²) in [4.78, 5) is 12.5. The molecule has 1 amide bonds. The van der Waals surface area contributed by atoms with Crippen LogP contribution >= 0.6 is 0 Å². The van der Waals surface area contributed by atoms with Crippen LogP contribution in [0.4, 0.5) is 0 Å². The van der Waals surface area contributed by atoms with Gasteiger partial charge in [0.15, 0.2) is 0 Å². The average Bonchev–Trinajstić information content (AvgIpc) is 2.40. The molecule has 0 aromatic carbocycles. The SMILES string of the molecule is CC1(C(=O)NC2(CO)CCOCC2)CCNCC1. The molecule has 0 saturated carbocycles. The third kappa shape index (κ3) is 2.84. The second kappa shape index (κ2) is 5.55. The first-order chi connectivity index (χ1) is 8.60. The van der Waals surface area contributed by atoms with E-state index in [1.54, 1.807) is 0 Å². The highest BCUT2D eigenvalue weighted by Crippen LogP contribution is 2.30. The monoisotopic (exact) mass is 256 g/mol. The molecule has 5 heteroatoms. The van der Waals surface area contributed by atoms with E-state index in [4.69, 9.17) is 4.74 Å². The molecule has 5 nitrogen and oxygen atoms in total. The topological polar surface area (TPSA) is 70.6 Å². The normalized spacial score (nSPS) is 26.6. The summed E-state index contributed by atoms with van der Waals surface area (Å²) in [7, 11) is 0. The van der Waals surface area contributed by atoms with Crippen molar-refractivity contribution in [2.45, 2.75) is 38.1 Å². The fourth-order valence-corrected chi connectivity index (χ4v) is 2.68. The Kier molecular flexibility index (Phi) is 4.25. The standard InChI is InChI=1S/C13H24N2O3/c1-12(2-6-14-7-3-12)11(17)15-13(10-16)4-8-18-9-5-13/h14,16H,2-10H2,1H3,(H,15,17). The zero-order valence-electron chi connectivity index (χ0n) is 11.1. The number of carbonyl (C=O) groups is 1. The summed E-state index contributed by atoms with van der Waals surface area (Å²) in [5.41, 5.74) is -0.769. The number of hydrogen-bond donors (Lipinski definition) is 3. The van der Waals surface area contributed by atoms with E-state index >= 15 is 0 Å². The Morgan fingerprint density at radius 1 is 1.28 bits per heavy atom. The van der Waals surface area contributed by atoms with E-state index in [0.717, 1.165) is 25.9 Å². The molecule has 2 heterocycles. The van der Waals surface area contributed by atoms with Crippen molar-refractivity contribution in [3.05, 3.63) is 0 Å². The van der Waals surface area contributed by atoms with Crippen LogP contribution in [-0.4, -0.2) is 49.5 Å². The maximum Gasteiger partial charge on any atom is 0.226 e. The van der Waals surface area contributed by atoms with Gasteiger partial charge in [-0.2, -0.15) is 0 Å². The molecule has 0 aromatic heterocycles. The van der Waals surface area contributed by atoms with Gasteiger partial charge in [0.2, 0.25) is 5.91 Å². The molecule has 2 aliphatic rings. The third-order valence-electron chi connectivity index (χ3n) is 4.39. The van der Waals surface area contributed by atoms with E-state index < -0.39 is 5.54 Å². The summed E-state index contributed by atoms with van der Waals surface area (Å²) in [5.74, 6) is 0.0833. The van der Waals surface area contributed by atoms with Crippen molar-refractivity contribution in [3.8, 4) is 0 Å². The number of amides is 1. The molecule has 2 fully saturated rings. The molecule has 0 radical (unpaired) electrons. The Morgan fingerprint density at radius 2 is 1.89 bits per heavy atom. The van der Waals surface area contributed by atoms with Crippen LogP contribution in [0.5, 0.6) is 0 Å². The number of hydrogen-bond acceptors (Lipinski definition) is 4. The molecule has 0 aromatic rings. The lowest BCUT2D eigenvalue weighted by molar-refractivity contribution is -0.135. The number of piperidine rings is 1.